The van der Waals surface area contributed by atoms with Gasteiger partial charge in [0.15, 0.2) is 0 Å². The molecule has 8 heteroatoms. The number of carbonyl (C=O) groups excluding carboxylic acids is 1. The molecule has 36 heavy (non-hydrogen) atoms. The minimum absolute atomic E-state index is 0.00133. The maximum Gasteiger partial charge on any atom is 0.256 e. The Hall–Kier alpha value is -3.52. The van der Waals surface area contributed by atoms with Crippen LogP contribution >= 0.6 is 0 Å². The molecule has 4 aromatic rings. The number of aryl methyl sites for hydroxylation is 2. The lowest BCUT2D eigenvalue weighted by atomic mass is 9.91. The van der Waals surface area contributed by atoms with Crippen LogP contribution in [-0.2, 0) is 13.0 Å². The molecule has 7 nitrogen and oxygen atoms in total. The minimum Gasteiger partial charge on any atom is -0.339 e. The lowest BCUT2D eigenvalue weighted by Gasteiger charge is -2.39. The van der Waals surface area contributed by atoms with Crippen LogP contribution in [0.3, 0.4) is 0 Å². The van der Waals surface area contributed by atoms with Crippen LogP contribution in [0.2, 0.25) is 0 Å². The van der Waals surface area contributed by atoms with Gasteiger partial charge in [-0.15, -0.1) is 0 Å². The number of carbonyl (C=O) groups is 1. The topological polar surface area (TPSA) is 70.1 Å². The summed E-state index contributed by atoms with van der Waals surface area (Å²) in [5.74, 6) is -0.0864. The fourth-order valence-corrected chi connectivity index (χ4v) is 5.14. The summed E-state index contributed by atoms with van der Waals surface area (Å²) in [6.07, 6.45) is 6.76. The molecule has 0 bridgehead atoms. The molecule has 3 aromatic heterocycles. The van der Waals surface area contributed by atoms with Crippen LogP contribution < -0.4 is 0 Å². The molecular formula is C28H33FN6O. The van der Waals surface area contributed by atoms with Crippen LogP contribution in [-0.4, -0.2) is 61.6 Å². The Morgan fingerprint density at radius 1 is 1.22 bits per heavy atom. The summed E-state index contributed by atoms with van der Waals surface area (Å²) in [4.78, 5) is 21.8. The van der Waals surface area contributed by atoms with Gasteiger partial charge in [-0.2, -0.15) is 5.10 Å². The largest absolute Gasteiger partial charge is 0.339 e. The van der Waals surface area contributed by atoms with Crippen molar-refractivity contribution in [2.75, 3.05) is 20.1 Å². The smallest absolute Gasteiger partial charge is 0.256 e. The average Bonchev–Trinajstić information content (AvgIpc) is 3.40. The Bertz CT molecular complexity index is 1410. The number of aromatic amines is 1. The number of hydrogen-bond acceptors (Lipinski definition) is 4. The fourth-order valence-electron chi connectivity index (χ4n) is 5.14. The molecule has 1 aliphatic heterocycles. The first-order valence-corrected chi connectivity index (χ1v) is 12.5. The van der Waals surface area contributed by atoms with Crippen LogP contribution in [0, 0.1) is 25.6 Å². The van der Waals surface area contributed by atoms with Crippen LogP contribution in [0.25, 0.3) is 16.6 Å². The Balaban J connectivity index is 1.46. The summed E-state index contributed by atoms with van der Waals surface area (Å²) < 4.78 is 16.3. The highest BCUT2D eigenvalue weighted by atomic mass is 19.1. The normalized spacial score (nSPS) is 14.5. The summed E-state index contributed by atoms with van der Waals surface area (Å²) in [7, 11) is 1.75. The van der Waals surface area contributed by atoms with E-state index in [4.69, 9.17) is 0 Å². The first kappa shape index (κ1) is 24.2. The Morgan fingerprint density at radius 2 is 2.00 bits per heavy atom. The summed E-state index contributed by atoms with van der Waals surface area (Å²) in [5.41, 5.74) is 6.42. The maximum absolute atomic E-state index is 14.3. The zero-order chi connectivity index (χ0) is 25.6. The van der Waals surface area contributed by atoms with Crippen molar-refractivity contribution in [3.63, 3.8) is 0 Å². The van der Waals surface area contributed by atoms with Crippen LogP contribution in [0.5, 0.6) is 0 Å². The van der Waals surface area contributed by atoms with E-state index in [2.05, 4.69) is 39.3 Å². The number of amides is 1. The number of halogens is 1. The molecule has 188 valence electrons. The molecule has 1 amide bonds. The van der Waals surface area contributed by atoms with E-state index in [1.807, 2.05) is 37.7 Å². The van der Waals surface area contributed by atoms with E-state index >= 15 is 0 Å². The highest BCUT2D eigenvalue weighted by molar-refractivity contribution is 5.99. The quantitative estimate of drug-likeness (QED) is 0.411. The van der Waals surface area contributed by atoms with E-state index in [1.54, 1.807) is 18.0 Å². The van der Waals surface area contributed by atoms with E-state index in [9.17, 15) is 9.18 Å². The number of benzene rings is 1. The van der Waals surface area contributed by atoms with Crippen LogP contribution in [0.1, 0.15) is 46.7 Å². The lowest BCUT2D eigenvalue weighted by Crippen LogP contribution is -2.46. The molecule has 0 atom stereocenters. The molecule has 0 radical (unpaired) electrons. The summed E-state index contributed by atoms with van der Waals surface area (Å²) in [5, 5.41) is 8.52. The van der Waals surface area contributed by atoms with Gasteiger partial charge in [0.25, 0.3) is 5.91 Å². The molecule has 5 rings (SSSR count). The van der Waals surface area contributed by atoms with E-state index in [-0.39, 0.29) is 11.9 Å². The van der Waals surface area contributed by atoms with Crippen molar-refractivity contribution in [3.8, 4) is 5.69 Å². The predicted molar refractivity (Wildman–Crippen MR) is 139 cm³/mol. The van der Waals surface area contributed by atoms with Crippen molar-refractivity contribution >= 4 is 16.8 Å². The molecule has 0 spiro atoms. The standard InChI is InChI=1S/C28H33FN6O/c1-17(2)33(5)28(36)24-10-22(29)6-7-25(24)35-15-21(27-18(3)11-30-12-26(27)35)9-20-13-34(14-20)16-23-8-19(4)31-32-23/h6-8,10-12,15,17,20H,9,13-14,16H2,1-5H3,(H,31,32). The van der Waals surface area contributed by atoms with Crippen molar-refractivity contribution < 1.29 is 9.18 Å². The highest BCUT2D eigenvalue weighted by Crippen LogP contribution is 2.32. The summed E-state index contributed by atoms with van der Waals surface area (Å²) >= 11 is 0. The third-order valence-corrected chi connectivity index (χ3v) is 7.21. The van der Waals surface area contributed by atoms with E-state index in [0.29, 0.717) is 17.2 Å². The van der Waals surface area contributed by atoms with Gasteiger partial charge in [0, 0.05) is 56.2 Å². The van der Waals surface area contributed by atoms with Gasteiger partial charge in [0.1, 0.15) is 5.82 Å². The average molecular weight is 489 g/mol. The maximum atomic E-state index is 14.3. The first-order chi connectivity index (χ1) is 17.2. The fraction of sp³-hybridized carbons (Fsp3) is 0.393. The van der Waals surface area contributed by atoms with E-state index in [0.717, 1.165) is 53.9 Å². The van der Waals surface area contributed by atoms with Crippen LogP contribution in [0.4, 0.5) is 4.39 Å². The number of rotatable bonds is 7. The highest BCUT2D eigenvalue weighted by Gasteiger charge is 2.29. The van der Waals surface area contributed by atoms with Crippen molar-refractivity contribution in [3.05, 3.63) is 76.8 Å². The number of H-pyrrole nitrogens is 1. The van der Waals surface area contributed by atoms with E-state index < -0.39 is 5.82 Å². The van der Waals surface area contributed by atoms with E-state index in [1.165, 1.54) is 17.7 Å². The van der Waals surface area contributed by atoms with Gasteiger partial charge in [-0.25, -0.2) is 4.39 Å². The number of nitrogens with zero attached hydrogens (tertiary/aromatic N) is 5. The van der Waals surface area contributed by atoms with Gasteiger partial charge in [0.2, 0.25) is 0 Å². The van der Waals surface area contributed by atoms with Gasteiger partial charge in [-0.1, -0.05) is 0 Å². The van der Waals surface area contributed by atoms with Crippen LogP contribution in [0.15, 0.2) is 42.9 Å². The molecule has 1 fully saturated rings. The third kappa shape index (κ3) is 4.53. The van der Waals surface area contributed by atoms with Gasteiger partial charge in [-0.05, 0) is 75.4 Å². The van der Waals surface area contributed by atoms with Crippen molar-refractivity contribution in [2.24, 2.45) is 5.92 Å². The molecule has 1 aromatic carbocycles. The Kier molecular flexibility index (Phi) is 6.38. The second-order valence-corrected chi connectivity index (χ2v) is 10.4. The lowest BCUT2D eigenvalue weighted by molar-refractivity contribution is 0.0754. The van der Waals surface area contributed by atoms with Crippen molar-refractivity contribution in [1.29, 1.82) is 0 Å². The van der Waals surface area contributed by atoms with Crippen molar-refractivity contribution in [2.45, 2.75) is 46.7 Å². The van der Waals surface area contributed by atoms with Gasteiger partial charge in [-0.3, -0.25) is 19.8 Å². The summed E-state index contributed by atoms with van der Waals surface area (Å²) in [6, 6.07) is 6.54. The molecule has 1 aliphatic rings. The van der Waals surface area contributed by atoms with Gasteiger partial charge in [0.05, 0.1) is 28.7 Å². The number of aromatic nitrogens is 4. The second kappa shape index (κ2) is 9.50. The number of nitrogens with one attached hydrogen (secondary N) is 1. The summed E-state index contributed by atoms with van der Waals surface area (Å²) in [6.45, 7) is 10.9. The molecule has 1 saturated heterocycles. The molecule has 0 unspecified atom stereocenters. The number of hydrogen-bond donors (Lipinski definition) is 1. The molecular weight excluding hydrogens is 455 g/mol. The number of pyridine rings is 1. The first-order valence-electron chi connectivity index (χ1n) is 12.5. The number of likely N-dealkylation sites (tertiary alicyclic amines) is 1. The zero-order valence-corrected chi connectivity index (χ0v) is 21.5. The van der Waals surface area contributed by atoms with Gasteiger partial charge < -0.3 is 9.47 Å². The molecule has 1 N–H and O–H groups in total. The SMILES string of the molecule is Cc1cc(CN2CC(Cc3cn(-c4ccc(F)cc4C(=O)N(C)C(C)C)c4cncc(C)c34)C2)n[nH]1. The van der Waals surface area contributed by atoms with Crippen molar-refractivity contribution in [1.82, 2.24) is 29.5 Å². The number of fused-ring (bicyclic) bond motifs is 1. The monoisotopic (exact) mass is 488 g/mol. The molecule has 0 aliphatic carbocycles. The third-order valence-electron chi connectivity index (χ3n) is 7.21. The predicted octanol–water partition coefficient (Wildman–Crippen LogP) is 4.66. The second-order valence-electron chi connectivity index (χ2n) is 10.4. The zero-order valence-electron chi connectivity index (χ0n) is 21.5. The van der Waals surface area contributed by atoms with Gasteiger partial charge >= 0.3 is 0 Å². The molecule has 0 saturated carbocycles. The Labute approximate surface area is 210 Å². The minimum atomic E-state index is -0.424. The Morgan fingerprint density at radius 3 is 2.69 bits per heavy atom. The molecule has 4 heterocycles.